The number of rotatable bonds is 10. The summed E-state index contributed by atoms with van der Waals surface area (Å²) in [6, 6.07) is 8.43. The number of hydrogen-bond acceptors (Lipinski definition) is 5. The van der Waals surface area contributed by atoms with Crippen molar-refractivity contribution in [3.63, 3.8) is 0 Å². The van der Waals surface area contributed by atoms with Crippen LogP contribution in [0.1, 0.15) is 57.0 Å². The van der Waals surface area contributed by atoms with Gasteiger partial charge in [0.05, 0.1) is 5.75 Å². The highest BCUT2D eigenvalue weighted by Gasteiger charge is 2.21. The number of carbonyl (C=O) groups is 1. The molecule has 1 aromatic heterocycles. The normalized spacial score (nSPS) is 15.2. The molecule has 29 heavy (non-hydrogen) atoms. The zero-order valence-corrected chi connectivity index (χ0v) is 18.1. The molecule has 1 saturated carbocycles. The van der Waals surface area contributed by atoms with Crippen molar-refractivity contribution < 1.29 is 9.53 Å². The van der Waals surface area contributed by atoms with Gasteiger partial charge in [0.15, 0.2) is 17.1 Å². The monoisotopic (exact) mass is 414 g/mol. The summed E-state index contributed by atoms with van der Waals surface area (Å²) >= 11 is 1.40. The Bertz CT molecular complexity index is 813. The molecule has 2 aromatic rings. The average molecular weight is 415 g/mol. The number of amides is 1. The molecule has 1 heterocycles. The number of aromatic nitrogens is 3. The molecule has 1 amide bonds. The van der Waals surface area contributed by atoms with Gasteiger partial charge >= 0.3 is 0 Å². The van der Waals surface area contributed by atoms with Crippen molar-refractivity contribution in [2.24, 2.45) is 0 Å². The zero-order valence-electron chi connectivity index (χ0n) is 17.3. The molecule has 7 heteroatoms. The van der Waals surface area contributed by atoms with Crippen LogP contribution in [0.15, 0.2) is 42.1 Å². The lowest BCUT2D eigenvalue weighted by Crippen LogP contribution is -2.33. The van der Waals surface area contributed by atoms with Crippen molar-refractivity contribution in [3.05, 3.63) is 48.3 Å². The van der Waals surface area contributed by atoms with Crippen LogP contribution in [0.5, 0.6) is 5.75 Å². The van der Waals surface area contributed by atoms with Crippen molar-refractivity contribution >= 4 is 17.7 Å². The maximum atomic E-state index is 12.2. The maximum absolute atomic E-state index is 12.2. The molecule has 1 atom stereocenters. The molecule has 0 radical (unpaired) electrons. The smallest absolute Gasteiger partial charge is 0.230 e. The number of benzene rings is 1. The Balaban J connectivity index is 1.63. The Kier molecular flexibility index (Phi) is 7.75. The van der Waals surface area contributed by atoms with E-state index in [2.05, 4.69) is 41.1 Å². The third-order valence-electron chi connectivity index (χ3n) is 5.12. The lowest BCUT2D eigenvalue weighted by Gasteiger charge is -2.16. The summed E-state index contributed by atoms with van der Waals surface area (Å²) in [5.41, 5.74) is 1.27. The van der Waals surface area contributed by atoms with Gasteiger partial charge in [-0.25, -0.2) is 0 Å². The fourth-order valence-electron chi connectivity index (χ4n) is 3.54. The average Bonchev–Trinajstić information content (AvgIpc) is 3.37. The lowest BCUT2D eigenvalue weighted by molar-refractivity contribution is -0.119. The largest absolute Gasteiger partial charge is 0.483 e. The van der Waals surface area contributed by atoms with E-state index in [4.69, 9.17) is 4.74 Å². The van der Waals surface area contributed by atoms with E-state index in [1.54, 1.807) is 6.08 Å². The number of allylic oxidation sites excluding steroid dienone is 1. The quantitative estimate of drug-likeness (QED) is 0.463. The fourth-order valence-corrected chi connectivity index (χ4v) is 4.30. The number of nitrogens with zero attached hydrogens (tertiary/aromatic N) is 3. The molecule has 1 aliphatic carbocycles. The number of aryl methyl sites for hydroxylation is 1. The Morgan fingerprint density at radius 2 is 2.07 bits per heavy atom. The van der Waals surface area contributed by atoms with Gasteiger partial charge in [-0.2, -0.15) is 0 Å². The Labute approximate surface area is 177 Å². The number of ether oxygens (including phenoxy) is 1. The molecule has 1 aromatic carbocycles. The van der Waals surface area contributed by atoms with Gasteiger partial charge in [0.1, 0.15) is 5.75 Å². The van der Waals surface area contributed by atoms with Crippen molar-refractivity contribution in [2.45, 2.75) is 69.8 Å². The second-order valence-corrected chi connectivity index (χ2v) is 8.28. The van der Waals surface area contributed by atoms with Crippen molar-refractivity contribution in [3.8, 4) is 5.75 Å². The summed E-state index contributed by atoms with van der Waals surface area (Å²) < 4.78 is 8.03. The summed E-state index contributed by atoms with van der Waals surface area (Å²) in [4.78, 5) is 12.2. The van der Waals surface area contributed by atoms with Gasteiger partial charge < -0.3 is 10.1 Å². The summed E-state index contributed by atoms with van der Waals surface area (Å²) in [6.45, 7) is 8.49. The van der Waals surface area contributed by atoms with E-state index in [0.29, 0.717) is 23.5 Å². The summed E-state index contributed by atoms with van der Waals surface area (Å²) in [6.07, 6.45) is 7.11. The molecule has 3 rings (SSSR count). The topological polar surface area (TPSA) is 69.0 Å². The number of thioether (sulfide) groups is 1. The van der Waals surface area contributed by atoms with Gasteiger partial charge in [0.2, 0.25) is 5.91 Å². The first-order valence-corrected chi connectivity index (χ1v) is 11.3. The van der Waals surface area contributed by atoms with Gasteiger partial charge in [-0.05, 0) is 43.9 Å². The van der Waals surface area contributed by atoms with Crippen molar-refractivity contribution in [2.75, 3.05) is 5.75 Å². The molecule has 1 N–H and O–H groups in total. The first-order valence-electron chi connectivity index (χ1n) is 10.3. The van der Waals surface area contributed by atoms with Gasteiger partial charge in [-0.1, -0.05) is 49.7 Å². The molecule has 6 nitrogen and oxygen atoms in total. The van der Waals surface area contributed by atoms with Crippen molar-refractivity contribution in [1.29, 1.82) is 0 Å². The molecular weight excluding hydrogens is 384 g/mol. The van der Waals surface area contributed by atoms with E-state index in [9.17, 15) is 4.79 Å². The lowest BCUT2D eigenvalue weighted by atomic mass is 10.2. The van der Waals surface area contributed by atoms with Crippen molar-refractivity contribution in [1.82, 2.24) is 20.1 Å². The molecule has 0 aliphatic heterocycles. The van der Waals surface area contributed by atoms with Crippen LogP contribution >= 0.6 is 11.8 Å². The van der Waals surface area contributed by atoms with Crippen LogP contribution in [0.25, 0.3) is 0 Å². The first kappa shape index (κ1) is 21.4. The second kappa shape index (κ2) is 10.5. The van der Waals surface area contributed by atoms with E-state index in [0.717, 1.165) is 30.8 Å². The molecule has 0 saturated heterocycles. The standard InChI is InChI=1S/C22H30N4O2S/c1-4-14-26-21(16(3)28-19-12-10-17(5-2)11-13-19)24-25-22(26)29-15-20(27)23-18-8-6-7-9-18/h4,10-13,16,18H,1,5-9,14-15H2,2-3H3,(H,23,27). The highest BCUT2D eigenvalue weighted by Crippen LogP contribution is 2.25. The predicted octanol–water partition coefficient (Wildman–Crippen LogP) is 4.32. The summed E-state index contributed by atoms with van der Waals surface area (Å²) in [5.74, 6) is 1.91. The van der Waals surface area contributed by atoms with Crippen LogP contribution in [0.2, 0.25) is 0 Å². The van der Waals surface area contributed by atoms with Crippen LogP contribution in [0.3, 0.4) is 0 Å². The van der Waals surface area contributed by atoms with E-state index < -0.39 is 0 Å². The van der Waals surface area contributed by atoms with Gasteiger partial charge in [0.25, 0.3) is 0 Å². The van der Waals surface area contributed by atoms with Gasteiger partial charge in [0, 0.05) is 12.6 Å². The molecular formula is C22H30N4O2S. The molecule has 0 bridgehead atoms. The van der Waals surface area contributed by atoms with Crippen LogP contribution in [-0.4, -0.2) is 32.5 Å². The SMILES string of the molecule is C=CCn1c(SCC(=O)NC2CCCC2)nnc1C(C)Oc1ccc(CC)cc1. The minimum absolute atomic E-state index is 0.0527. The highest BCUT2D eigenvalue weighted by atomic mass is 32.2. The Morgan fingerprint density at radius 3 is 2.72 bits per heavy atom. The first-order chi connectivity index (χ1) is 14.1. The van der Waals surface area contributed by atoms with E-state index in [1.165, 1.54) is 30.2 Å². The Hall–Kier alpha value is -2.28. The fraction of sp³-hybridized carbons (Fsp3) is 0.500. The molecule has 1 unspecified atom stereocenters. The third kappa shape index (κ3) is 5.85. The highest BCUT2D eigenvalue weighted by molar-refractivity contribution is 7.99. The third-order valence-corrected chi connectivity index (χ3v) is 6.08. The number of nitrogens with one attached hydrogen (secondary N) is 1. The van der Waals surface area contributed by atoms with Crippen LogP contribution in [0.4, 0.5) is 0 Å². The predicted molar refractivity (Wildman–Crippen MR) is 116 cm³/mol. The van der Waals surface area contributed by atoms with Gasteiger partial charge in [-0.15, -0.1) is 16.8 Å². The molecule has 1 aliphatic rings. The summed E-state index contributed by atoms with van der Waals surface area (Å²) in [5, 5.41) is 12.4. The second-order valence-electron chi connectivity index (χ2n) is 7.34. The van der Waals surface area contributed by atoms with Crippen LogP contribution in [0, 0.1) is 0 Å². The minimum atomic E-state index is -0.267. The maximum Gasteiger partial charge on any atom is 0.230 e. The van der Waals surface area contributed by atoms with Crippen LogP contribution in [-0.2, 0) is 17.8 Å². The minimum Gasteiger partial charge on any atom is -0.483 e. The van der Waals surface area contributed by atoms with E-state index >= 15 is 0 Å². The van der Waals surface area contributed by atoms with E-state index in [-0.39, 0.29) is 12.0 Å². The van der Waals surface area contributed by atoms with Crippen LogP contribution < -0.4 is 10.1 Å². The summed E-state index contributed by atoms with van der Waals surface area (Å²) in [7, 11) is 0. The zero-order chi connectivity index (χ0) is 20.6. The molecule has 156 valence electrons. The van der Waals surface area contributed by atoms with E-state index in [1.807, 2.05) is 23.6 Å². The van der Waals surface area contributed by atoms with Gasteiger partial charge in [-0.3, -0.25) is 9.36 Å². The number of hydrogen-bond donors (Lipinski definition) is 1. The molecule has 1 fully saturated rings. The molecule has 0 spiro atoms. The Morgan fingerprint density at radius 1 is 1.34 bits per heavy atom. The number of carbonyl (C=O) groups excluding carboxylic acids is 1.